The summed E-state index contributed by atoms with van der Waals surface area (Å²) in [5, 5.41) is 2.72. The van der Waals surface area contributed by atoms with Gasteiger partial charge in [-0.3, -0.25) is 4.79 Å². The second kappa shape index (κ2) is 7.85. The first kappa shape index (κ1) is 16.4. The molecule has 0 aromatic heterocycles. The number of rotatable bonds is 7. The quantitative estimate of drug-likeness (QED) is 0.756. The van der Waals surface area contributed by atoms with E-state index in [-0.39, 0.29) is 11.6 Å². The summed E-state index contributed by atoms with van der Waals surface area (Å²) >= 11 is 0. The summed E-state index contributed by atoms with van der Waals surface area (Å²) in [5.74, 6) is 0.0725. The Morgan fingerprint density at radius 1 is 1.45 bits per heavy atom. The number of amides is 1. The Kier molecular flexibility index (Phi) is 6.45. The fourth-order valence-electron chi connectivity index (χ4n) is 2.07. The van der Waals surface area contributed by atoms with Crippen LogP contribution in [0.2, 0.25) is 0 Å². The topological polar surface area (TPSA) is 58.4 Å². The minimum absolute atomic E-state index is 0.0412. The first-order chi connectivity index (χ1) is 9.38. The molecule has 5 heteroatoms. The number of hydrogen-bond acceptors (Lipinski definition) is 3. The molecule has 112 valence electrons. The summed E-state index contributed by atoms with van der Waals surface area (Å²) in [4.78, 5) is 14.0. The molecule has 4 nitrogen and oxygen atoms in total. The minimum Gasteiger partial charge on any atom is -0.396 e. The van der Waals surface area contributed by atoms with Gasteiger partial charge in [0.15, 0.2) is 0 Å². The summed E-state index contributed by atoms with van der Waals surface area (Å²) in [5.41, 5.74) is 6.02. The molecular formula is C15H24FN3O. The van der Waals surface area contributed by atoms with Gasteiger partial charge in [0.2, 0.25) is 5.91 Å². The molecule has 1 rings (SSSR count). The zero-order valence-corrected chi connectivity index (χ0v) is 12.4. The van der Waals surface area contributed by atoms with E-state index in [4.69, 9.17) is 5.73 Å². The van der Waals surface area contributed by atoms with Crippen LogP contribution in [0.5, 0.6) is 0 Å². The maximum Gasteiger partial charge on any atom is 0.224 e. The molecule has 0 aliphatic carbocycles. The van der Waals surface area contributed by atoms with Crippen LogP contribution in [0.25, 0.3) is 0 Å². The summed E-state index contributed by atoms with van der Waals surface area (Å²) in [6.07, 6.45) is 1.24. The number of carbonyl (C=O) groups is 1. The fraction of sp³-hybridized carbons (Fsp3) is 0.533. The lowest BCUT2D eigenvalue weighted by molar-refractivity contribution is -0.116. The molecule has 20 heavy (non-hydrogen) atoms. The van der Waals surface area contributed by atoms with Crippen LogP contribution >= 0.6 is 0 Å². The van der Waals surface area contributed by atoms with Crippen LogP contribution in [0.1, 0.15) is 26.7 Å². The Labute approximate surface area is 120 Å². The normalized spacial score (nSPS) is 11.1. The molecule has 0 spiro atoms. The molecule has 0 heterocycles. The molecule has 0 saturated carbocycles. The van der Waals surface area contributed by atoms with Gasteiger partial charge in [-0.2, -0.15) is 0 Å². The van der Waals surface area contributed by atoms with E-state index in [2.05, 4.69) is 31.1 Å². The highest BCUT2D eigenvalue weighted by molar-refractivity contribution is 5.91. The van der Waals surface area contributed by atoms with Crippen molar-refractivity contribution in [2.24, 2.45) is 5.92 Å². The van der Waals surface area contributed by atoms with Crippen LogP contribution in [0, 0.1) is 11.7 Å². The van der Waals surface area contributed by atoms with Crippen LogP contribution in [-0.4, -0.2) is 30.9 Å². The third kappa shape index (κ3) is 6.02. The molecule has 0 atom stereocenters. The lowest BCUT2D eigenvalue weighted by Gasteiger charge is -2.18. The van der Waals surface area contributed by atoms with Crippen molar-refractivity contribution in [1.82, 2.24) is 4.90 Å². The maximum atomic E-state index is 13.0. The highest BCUT2D eigenvalue weighted by atomic mass is 19.1. The maximum absolute atomic E-state index is 13.0. The number of hydrogen-bond donors (Lipinski definition) is 2. The number of benzene rings is 1. The van der Waals surface area contributed by atoms with Crippen LogP contribution in [-0.2, 0) is 4.79 Å². The van der Waals surface area contributed by atoms with E-state index in [1.54, 1.807) is 0 Å². The van der Waals surface area contributed by atoms with Crippen LogP contribution in [0.15, 0.2) is 18.2 Å². The standard InChI is InChI=1S/C15H24FN3O/c1-11(2)10-19(3)8-4-5-15(20)18-12-6-7-13(16)14(17)9-12/h6-7,9,11H,4-5,8,10,17H2,1-3H3,(H,18,20). The Morgan fingerprint density at radius 2 is 2.15 bits per heavy atom. The number of carbonyl (C=O) groups excluding carboxylic acids is 1. The Balaban J connectivity index is 2.31. The van der Waals surface area contributed by atoms with Crippen molar-refractivity contribution in [3.05, 3.63) is 24.0 Å². The van der Waals surface area contributed by atoms with Gasteiger partial charge in [-0.1, -0.05) is 13.8 Å². The first-order valence-electron chi connectivity index (χ1n) is 6.92. The smallest absolute Gasteiger partial charge is 0.224 e. The van der Waals surface area contributed by atoms with Crippen molar-refractivity contribution in [3.8, 4) is 0 Å². The highest BCUT2D eigenvalue weighted by Gasteiger charge is 2.06. The minimum atomic E-state index is -0.474. The summed E-state index contributed by atoms with van der Waals surface area (Å²) in [7, 11) is 2.05. The van der Waals surface area contributed by atoms with Crippen molar-refractivity contribution >= 4 is 17.3 Å². The number of nitrogens with two attached hydrogens (primary N) is 1. The Morgan fingerprint density at radius 3 is 2.75 bits per heavy atom. The van der Waals surface area contributed by atoms with E-state index in [9.17, 15) is 9.18 Å². The molecule has 0 bridgehead atoms. The number of anilines is 2. The molecule has 0 saturated heterocycles. The van der Waals surface area contributed by atoms with Gasteiger partial charge >= 0.3 is 0 Å². The fourth-order valence-corrected chi connectivity index (χ4v) is 2.07. The van der Waals surface area contributed by atoms with Crippen LogP contribution in [0.3, 0.4) is 0 Å². The van der Waals surface area contributed by atoms with Gasteiger partial charge in [-0.25, -0.2) is 4.39 Å². The number of nitrogens with zero attached hydrogens (tertiary/aromatic N) is 1. The number of nitrogens with one attached hydrogen (secondary N) is 1. The number of halogens is 1. The Hall–Kier alpha value is -1.62. The van der Waals surface area contributed by atoms with Gasteiger partial charge in [0.25, 0.3) is 0 Å². The van der Waals surface area contributed by atoms with E-state index in [0.717, 1.165) is 19.5 Å². The molecule has 0 aliphatic rings. The molecule has 0 aliphatic heterocycles. The van der Waals surface area contributed by atoms with Crippen molar-refractivity contribution in [2.45, 2.75) is 26.7 Å². The molecular weight excluding hydrogens is 257 g/mol. The van der Waals surface area contributed by atoms with Crippen molar-refractivity contribution in [2.75, 3.05) is 31.2 Å². The van der Waals surface area contributed by atoms with Gasteiger partial charge in [-0.15, -0.1) is 0 Å². The monoisotopic (exact) mass is 281 g/mol. The van der Waals surface area contributed by atoms with Gasteiger partial charge < -0.3 is 16.0 Å². The van der Waals surface area contributed by atoms with Gasteiger partial charge in [0.05, 0.1) is 5.69 Å². The van der Waals surface area contributed by atoms with Gasteiger partial charge in [0, 0.05) is 18.7 Å². The van der Waals surface area contributed by atoms with E-state index in [1.807, 2.05) is 0 Å². The zero-order chi connectivity index (χ0) is 15.1. The van der Waals surface area contributed by atoms with E-state index >= 15 is 0 Å². The number of nitrogen functional groups attached to an aromatic ring is 1. The molecule has 1 aromatic carbocycles. The van der Waals surface area contributed by atoms with E-state index in [0.29, 0.717) is 18.0 Å². The second-order valence-electron chi connectivity index (χ2n) is 5.54. The largest absolute Gasteiger partial charge is 0.396 e. The lowest BCUT2D eigenvalue weighted by atomic mass is 10.2. The predicted molar refractivity (Wildman–Crippen MR) is 81.0 cm³/mol. The predicted octanol–water partition coefficient (Wildman–Crippen LogP) is 2.71. The SMILES string of the molecule is CC(C)CN(C)CCCC(=O)Nc1ccc(F)c(N)c1. The van der Waals surface area contributed by atoms with Gasteiger partial charge in [-0.05, 0) is 44.1 Å². The Bertz CT molecular complexity index is 449. The second-order valence-corrected chi connectivity index (χ2v) is 5.54. The molecule has 1 aromatic rings. The average Bonchev–Trinajstić information content (AvgIpc) is 2.33. The molecule has 3 N–H and O–H groups in total. The zero-order valence-electron chi connectivity index (χ0n) is 12.4. The molecule has 0 unspecified atom stereocenters. The van der Waals surface area contributed by atoms with Gasteiger partial charge in [0.1, 0.15) is 5.82 Å². The third-order valence-electron chi connectivity index (χ3n) is 2.90. The molecule has 0 fully saturated rings. The lowest BCUT2D eigenvalue weighted by Crippen LogP contribution is -2.25. The average molecular weight is 281 g/mol. The summed E-state index contributed by atoms with van der Waals surface area (Å²) in [6, 6.07) is 4.19. The highest BCUT2D eigenvalue weighted by Crippen LogP contribution is 2.16. The summed E-state index contributed by atoms with van der Waals surface area (Å²) in [6.45, 7) is 6.25. The third-order valence-corrected chi connectivity index (χ3v) is 2.90. The van der Waals surface area contributed by atoms with Crippen molar-refractivity contribution in [1.29, 1.82) is 0 Å². The van der Waals surface area contributed by atoms with Crippen LogP contribution in [0.4, 0.5) is 15.8 Å². The van der Waals surface area contributed by atoms with Crippen LogP contribution < -0.4 is 11.1 Å². The summed E-state index contributed by atoms with van der Waals surface area (Å²) < 4.78 is 13.0. The van der Waals surface area contributed by atoms with E-state index in [1.165, 1.54) is 18.2 Å². The molecule has 0 radical (unpaired) electrons. The first-order valence-corrected chi connectivity index (χ1v) is 6.92. The molecule has 1 amide bonds. The van der Waals surface area contributed by atoms with Crippen molar-refractivity contribution < 1.29 is 9.18 Å². The van der Waals surface area contributed by atoms with Crippen molar-refractivity contribution in [3.63, 3.8) is 0 Å². The van der Waals surface area contributed by atoms with E-state index < -0.39 is 5.82 Å².